The van der Waals surface area contributed by atoms with Crippen LogP contribution in [0.25, 0.3) is 0 Å². The van der Waals surface area contributed by atoms with Crippen LogP contribution in [0.1, 0.15) is 13.3 Å². The maximum absolute atomic E-state index is 4.71. The minimum absolute atomic E-state index is 0. The van der Waals surface area contributed by atoms with Crippen LogP contribution in [0, 0.1) is 0 Å². The Kier molecular flexibility index (Phi) is 26.4. The molecule has 0 aliphatic carbocycles. The van der Waals surface area contributed by atoms with Crippen LogP contribution in [0.4, 0.5) is 0 Å². The first-order valence-electron chi connectivity index (χ1n) is 3.54. The van der Waals surface area contributed by atoms with Crippen molar-refractivity contribution in [1.29, 1.82) is 0 Å². The molecule has 0 aromatic heterocycles. The van der Waals surface area contributed by atoms with Gasteiger partial charge in [-0.1, -0.05) is 6.92 Å². The zero-order chi connectivity index (χ0) is 9.11. The van der Waals surface area contributed by atoms with Gasteiger partial charge in [0.15, 0.2) is 0 Å². The van der Waals surface area contributed by atoms with Gasteiger partial charge in [0.05, 0.1) is 6.54 Å². The SMILES string of the molecule is CCC[NH3+].CO[Si](OC)OC.[Cl-]. The van der Waals surface area contributed by atoms with Gasteiger partial charge in [0.2, 0.25) is 0 Å². The second-order valence-electron chi connectivity index (χ2n) is 1.72. The van der Waals surface area contributed by atoms with E-state index in [1.165, 1.54) is 6.42 Å². The van der Waals surface area contributed by atoms with E-state index in [4.69, 9.17) is 13.3 Å². The summed E-state index contributed by atoms with van der Waals surface area (Å²) in [6, 6.07) is 0. The molecule has 0 aliphatic heterocycles. The Labute approximate surface area is 82.8 Å². The molecule has 6 heteroatoms. The van der Waals surface area contributed by atoms with Gasteiger partial charge in [0.1, 0.15) is 0 Å². The lowest BCUT2D eigenvalue weighted by atomic mass is 10.5. The van der Waals surface area contributed by atoms with Crippen molar-refractivity contribution in [3.05, 3.63) is 0 Å². The Hall–Kier alpha value is 0.347. The Bertz CT molecular complexity index is 59.2. The maximum atomic E-state index is 4.71. The number of hydrogen-bond donors (Lipinski definition) is 1. The molecular weight excluding hydrogens is 198 g/mol. The fraction of sp³-hybridized carbons (Fsp3) is 1.00. The standard InChI is InChI=1S/C3H9N.C3H9O3Si.ClH/c1-2-3-4;1-4-7(5-2)6-3;/h2-4H2,1H3;1-3H3;1H. The Morgan fingerprint density at radius 1 is 1.08 bits per heavy atom. The number of rotatable bonds is 4. The summed E-state index contributed by atoms with van der Waals surface area (Å²) >= 11 is 0. The van der Waals surface area contributed by atoms with Crippen LogP contribution in [-0.4, -0.2) is 37.4 Å². The van der Waals surface area contributed by atoms with Crippen LogP contribution in [0.3, 0.4) is 0 Å². The molecule has 77 valence electrons. The fourth-order valence-corrected chi connectivity index (χ4v) is 0.750. The van der Waals surface area contributed by atoms with Crippen LogP contribution in [0.15, 0.2) is 0 Å². The van der Waals surface area contributed by atoms with Crippen molar-refractivity contribution in [2.45, 2.75) is 13.3 Å². The quantitative estimate of drug-likeness (QED) is 0.498. The molecule has 4 nitrogen and oxygen atoms in total. The molecule has 0 amide bonds. The summed E-state index contributed by atoms with van der Waals surface area (Å²) in [5, 5.41) is 0. The average Bonchev–Trinajstić information content (AvgIpc) is 2.08. The molecule has 0 unspecified atom stereocenters. The lowest BCUT2D eigenvalue weighted by molar-refractivity contribution is -0.367. The van der Waals surface area contributed by atoms with Crippen molar-refractivity contribution >= 4 is 9.53 Å². The lowest BCUT2D eigenvalue weighted by Gasteiger charge is -2.02. The van der Waals surface area contributed by atoms with E-state index >= 15 is 0 Å². The van der Waals surface area contributed by atoms with Gasteiger partial charge in [0.25, 0.3) is 0 Å². The molecule has 0 aliphatic rings. The minimum Gasteiger partial charge on any atom is -1.00 e. The van der Waals surface area contributed by atoms with Crippen molar-refractivity contribution in [2.75, 3.05) is 27.9 Å². The highest BCUT2D eigenvalue weighted by atomic mass is 35.5. The first-order chi connectivity index (χ1) is 5.26. The smallest absolute Gasteiger partial charge is 0.576 e. The Balaban J connectivity index is -0.000000142. The largest absolute Gasteiger partial charge is 1.00 e. The third-order valence-corrected chi connectivity index (χ3v) is 1.85. The van der Waals surface area contributed by atoms with Crippen molar-refractivity contribution in [3.8, 4) is 0 Å². The van der Waals surface area contributed by atoms with E-state index in [2.05, 4.69) is 12.7 Å². The summed E-state index contributed by atoms with van der Waals surface area (Å²) in [6.45, 7) is 3.19. The second kappa shape index (κ2) is 17.4. The molecule has 0 saturated heterocycles. The van der Waals surface area contributed by atoms with Gasteiger partial charge in [-0.25, -0.2) is 0 Å². The second-order valence-corrected chi connectivity index (χ2v) is 3.44. The molecule has 12 heavy (non-hydrogen) atoms. The number of quaternary nitrogens is 1. The van der Waals surface area contributed by atoms with E-state index in [9.17, 15) is 0 Å². The minimum atomic E-state index is -1.36. The van der Waals surface area contributed by atoms with E-state index in [0.29, 0.717) is 0 Å². The first-order valence-corrected chi connectivity index (χ1v) is 4.77. The molecule has 0 fully saturated rings. The van der Waals surface area contributed by atoms with E-state index in [-0.39, 0.29) is 12.4 Å². The monoisotopic (exact) mass is 216 g/mol. The van der Waals surface area contributed by atoms with Gasteiger partial charge in [-0.05, 0) is 6.42 Å². The Morgan fingerprint density at radius 3 is 1.33 bits per heavy atom. The highest BCUT2D eigenvalue weighted by Crippen LogP contribution is 1.81. The summed E-state index contributed by atoms with van der Waals surface area (Å²) in [7, 11) is 3.31. The summed E-state index contributed by atoms with van der Waals surface area (Å²) in [4.78, 5) is 0. The molecule has 0 spiro atoms. The van der Waals surface area contributed by atoms with E-state index < -0.39 is 9.53 Å². The molecule has 3 N–H and O–H groups in total. The predicted octanol–water partition coefficient (Wildman–Crippen LogP) is -3.45. The van der Waals surface area contributed by atoms with Gasteiger partial charge < -0.3 is 31.4 Å². The highest BCUT2D eigenvalue weighted by molar-refractivity contribution is 6.36. The zero-order valence-electron chi connectivity index (χ0n) is 8.22. The zero-order valence-corrected chi connectivity index (χ0v) is 9.98. The number of halogens is 1. The van der Waals surface area contributed by atoms with Gasteiger partial charge in [-0.3, -0.25) is 0 Å². The molecule has 0 rings (SSSR count). The summed E-state index contributed by atoms with van der Waals surface area (Å²) in [5.41, 5.74) is 3.60. The summed E-state index contributed by atoms with van der Waals surface area (Å²) in [5.74, 6) is 0. The van der Waals surface area contributed by atoms with E-state index in [1.54, 1.807) is 21.3 Å². The first kappa shape index (κ1) is 18.2. The normalized spacial score (nSPS) is 8.50. The lowest BCUT2D eigenvalue weighted by Crippen LogP contribution is -3.00. The van der Waals surface area contributed by atoms with Crippen molar-refractivity contribution in [2.24, 2.45) is 0 Å². The van der Waals surface area contributed by atoms with Crippen molar-refractivity contribution in [3.63, 3.8) is 0 Å². The Morgan fingerprint density at radius 2 is 1.33 bits per heavy atom. The molecule has 0 saturated carbocycles. The number of hydrogen-bond acceptors (Lipinski definition) is 3. The third-order valence-electron chi connectivity index (χ3n) is 0.854. The van der Waals surface area contributed by atoms with Gasteiger partial charge in [-0.2, -0.15) is 0 Å². The molecule has 0 bridgehead atoms. The predicted molar refractivity (Wildman–Crippen MR) is 44.8 cm³/mol. The van der Waals surface area contributed by atoms with Crippen molar-refractivity contribution < 1.29 is 31.4 Å². The maximum Gasteiger partial charge on any atom is 0.576 e. The topological polar surface area (TPSA) is 55.3 Å². The molecule has 0 atom stereocenters. The van der Waals surface area contributed by atoms with Crippen LogP contribution in [0.5, 0.6) is 0 Å². The molecule has 0 heterocycles. The van der Waals surface area contributed by atoms with Gasteiger partial charge in [0, 0.05) is 21.3 Å². The van der Waals surface area contributed by atoms with Gasteiger partial charge in [-0.15, -0.1) is 0 Å². The summed E-state index contributed by atoms with van der Waals surface area (Å²) < 4.78 is 14.1. The van der Waals surface area contributed by atoms with Crippen LogP contribution >= 0.6 is 0 Å². The summed E-state index contributed by atoms with van der Waals surface area (Å²) in [6.07, 6.45) is 1.21. The van der Waals surface area contributed by atoms with Crippen LogP contribution in [0.2, 0.25) is 0 Å². The fourth-order valence-electron chi connectivity index (χ4n) is 0.250. The highest BCUT2D eigenvalue weighted by Gasteiger charge is 2.09. The van der Waals surface area contributed by atoms with E-state index in [0.717, 1.165) is 6.54 Å². The third kappa shape index (κ3) is 16.7. The molecular formula is C6H19ClNO3Si. The molecule has 0 aromatic rings. The average molecular weight is 217 g/mol. The van der Waals surface area contributed by atoms with E-state index in [1.807, 2.05) is 0 Å². The molecule has 0 aromatic carbocycles. The molecule has 1 radical (unpaired) electrons. The van der Waals surface area contributed by atoms with Crippen LogP contribution in [-0.2, 0) is 13.3 Å². The van der Waals surface area contributed by atoms with Crippen LogP contribution < -0.4 is 18.1 Å². The van der Waals surface area contributed by atoms with Gasteiger partial charge >= 0.3 is 9.53 Å². The van der Waals surface area contributed by atoms with Crippen molar-refractivity contribution in [1.82, 2.24) is 0 Å².